The fraction of sp³-hybridized carbons (Fsp3) is 0.417. The smallest absolute Gasteiger partial charge is 0.307 e. The van der Waals surface area contributed by atoms with E-state index in [1.54, 1.807) is 38.1 Å². The van der Waals surface area contributed by atoms with E-state index >= 15 is 0 Å². The molecule has 2 N–H and O–H groups in total. The molecule has 1 aromatic rings. The molecule has 0 amide bonds. The van der Waals surface area contributed by atoms with Crippen LogP contribution in [0.4, 0.5) is 0 Å². The van der Waals surface area contributed by atoms with Crippen LogP contribution in [0.2, 0.25) is 0 Å². The third-order valence-corrected chi connectivity index (χ3v) is 2.31. The Bertz CT molecular complexity index is 360. The molecule has 0 bridgehead atoms. The van der Waals surface area contributed by atoms with Crippen LogP contribution in [0.1, 0.15) is 19.4 Å². The minimum atomic E-state index is -0.902. The molecule has 1 aromatic carbocycles. The van der Waals surface area contributed by atoms with Crippen LogP contribution in [-0.4, -0.2) is 28.4 Å². The van der Waals surface area contributed by atoms with E-state index in [1.807, 2.05) is 0 Å². The average molecular weight is 224 g/mol. The first-order valence-electron chi connectivity index (χ1n) is 5.15. The highest BCUT2D eigenvalue weighted by atomic mass is 16.5. The van der Waals surface area contributed by atoms with Gasteiger partial charge in [0.25, 0.3) is 0 Å². The highest BCUT2D eigenvalue weighted by molar-refractivity contribution is 5.71. The zero-order valence-corrected chi connectivity index (χ0v) is 9.38. The van der Waals surface area contributed by atoms with E-state index in [4.69, 9.17) is 9.84 Å². The van der Waals surface area contributed by atoms with Crippen molar-refractivity contribution in [3.8, 4) is 5.75 Å². The molecule has 16 heavy (non-hydrogen) atoms. The van der Waals surface area contributed by atoms with Crippen molar-refractivity contribution in [3.05, 3.63) is 29.8 Å². The van der Waals surface area contributed by atoms with Gasteiger partial charge in [0.05, 0.1) is 12.5 Å². The van der Waals surface area contributed by atoms with Crippen molar-refractivity contribution >= 4 is 5.97 Å². The number of carbonyl (C=O) groups is 1. The van der Waals surface area contributed by atoms with Gasteiger partial charge in [0.15, 0.2) is 0 Å². The number of hydrogen-bond donors (Lipinski definition) is 2. The number of hydrogen-bond acceptors (Lipinski definition) is 3. The van der Waals surface area contributed by atoms with Gasteiger partial charge in [-0.3, -0.25) is 4.79 Å². The summed E-state index contributed by atoms with van der Waals surface area (Å²) in [7, 11) is 0. The average Bonchev–Trinajstić information content (AvgIpc) is 2.20. The fourth-order valence-electron chi connectivity index (χ4n) is 1.23. The lowest BCUT2D eigenvalue weighted by molar-refractivity contribution is -0.136. The van der Waals surface area contributed by atoms with E-state index in [-0.39, 0.29) is 12.5 Å². The first kappa shape index (κ1) is 12.5. The highest BCUT2D eigenvalue weighted by Crippen LogP contribution is 2.20. The Balaban J connectivity index is 2.82. The molecule has 0 heterocycles. The third kappa shape index (κ3) is 3.55. The van der Waals surface area contributed by atoms with Crippen LogP contribution in [0, 0.1) is 0 Å². The SMILES string of the molecule is CC(O)C(C)Oc1ccccc1CC(=O)O. The number of benzene rings is 1. The lowest BCUT2D eigenvalue weighted by Gasteiger charge is -2.19. The molecule has 0 aliphatic heterocycles. The monoisotopic (exact) mass is 224 g/mol. The van der Waals surface area contributed by atoms with Crippen molar-refractivity contribution in [1.29, 1.82) is 0 Å². The van der Waals surface area contributed by atoms with Gasteiger partial charge in [-0.25, -0.2) is 0 Å². The molecular formula is C12H16O4. The number of aliphatic carboxylic acids is 1. The summed E-state index contributed by atoms with van der Waals surface area (Å²) in [6, 6.07) is 6.95. The maximum Gasteiger partial charge on any atom is 0.307 e. The Morgan fingerprint density at radius 1 is 1.38 bits per heavy atom. The Hall–Kier alpha value is -1.55. The van der Waals surface area contributed by atoms with Crippen molar-refractivity contribution in [2.45, 2.75) is 32.5 Å². The number of ether oxygens (including phenoxy) is 1. The molecule has 0 saturated carbocycles. The molecule has 4 nitrogen and oxygen atoms in total. The van der Waals surface area contributed by atoms with E-state index in [9.17, 15) is 9.90 Å². The lowest BCUT2D eigenvalue weighted by Crippen LogP contribution is -2.26. The second-order valence-electron chi connectivity index (χ2n) is 3.74. The minimum absolute atomic E-state index is 0.0807. The lowest BCUT2D eigenvalue weighted by atomic mass is 10.1. The van der Waals surface area contributed by atoms with E-state index in [0.717, 1.165) is 0 Å². The summed E-state index contributed by atoms with van der Waals surface area (Å²) in [5, 5.41) is 18.0. The molecular weight excluding hydrogens is 208 g/mol. The summed E-state index contributed by atoms with van der Waals surface area (Å²) in [6.07, 6.45) is -1.05. The fourth-order valence-corrected chi connectivity index (χ4v) is 1.23. The molecule has 0 fully saturated rings. The normalized spacial score (nSPS) is 14.2. The van der Waals surface area contributed by atoms with Crippen LogP contribution < -0.4 is 4.74 Å². The maximum absolute atomic E-state index is 10.6. The standard InChI is InChI=1S/C12H16O4/c1-8(13)9(2)16-11-6-4-3-5-10(11)7-12(14)15/h3-6,8-9,13H,7H2,1-2H3,(H,14,15). The molecule has 0 aliphatic rings. The number of aliphatic hydroxyl groups excluding tert-OH is 1. The Labute approximate surface area is 94.5 Å². The van der Waals surface area contributed by atoms with Crippen LogP contribution in [0.3, 0.4) is 0 Å². The zero-order valence-electron chi connectivity index (χ0n) is 9.38. The van der Waals surface area contributed by atoms with E-state index < -0.39 is 12.1 Å². The van der Waals surface area contributed by atoms with Gasteiger partial charge in [-0.2, -0.15) is 0 Å². The number of carboxylic acids is 1. The van der Waals surface area contributed by atoms with Crippen LogP contribution in [0.5, 0.6) is 5.75 Å². The van der Waals surface area contributed by atoms with Gasteiger partial charge in [-0.15, -0.1) is 0 Å². The van der Waals surface area contributed by atoms with E-state index in [0.29, 0.717) is 11.3 Å². The second kappa shape index (κ2) is 5.51. The van der Waals surface area contributed by atoms with Crippen molar-refractivity contribution in [2.24, 2.45) is 0 Å². The van der Waals surface area contributed by atoms with Crippen molar-refractivity contribution in [3.63, 3.8) is 0 Å². The van der Waals surface area contributed by atoms with Gasteiger partial charge in [0, 0.05) is 5.56 Å². The topological polar surface area (TPSA) is 66.8 Å². The minimum Gasteiger partial charge on any atom is -0.488 e. The number of carboxylic acid groups (broad SMARTS) is 1. The van der Waals surface area contributed by atoms with Gasteiger partial charge in [-0.05, 0) is 19.9 Å². The van der Waals surface area contributed by atoms with Crippen LogP contribution in [-0.2, 0) is 11.2 Å². The summed E-state index contributed by atoms with van der Waals surface area (Å²) in [5.74, 6) is -0.390. The Morgan fingerprint density at radius 3 is 2.56 bits per heavy atom. The third-order valence-electron chi connectivity index (χ3n) is 2.31. The molecule has 0 radical (unpaired) electrons. The van der Waals surface area contributed by atoms with Gasteiger partial charge < -0.3 is 14.9 Å². The molecule has 0 aliphatic carbocycles. The molecule has 0 saturated heterocycles. The highest BCUT2D eigenvalue weighted by Gasteiger charge is 2.13. The van der Waals surface area contributed by atoms with Crippen LogP contribution in [0.15, 0.2) is 24.3 Å². The Morgan fingerprint density at radius 2 is 2.00 bits per heavy atom. The molecule has 2 atom stereocenters. The van der Waals surface area contributed by atoms with Gasteiger partial charge in [0.2, 0.25) is 0 Å². The summed E-state index contributed by atoms with van der Waals surface area (Å²) < 4.78 is 5.49. The van der Waals surface area contributed by atoms with Crippen molar-refractivity contribution in [2.75, 3.05) is 0 Å². The summed E-state index contributed by atoms with van der Waals surface area (Å²) >= 11 is 0. The van der Waals surface area contributed by atoms with Gasteiger partial charge >= 0.3 is 5.97 Å². The van der Waals surface area contributed by atoms with E-state index in [2.05, 4.69) is 0 Å². The number of aliphatic hydroxyl groups is 1. The van der Waals surface area contributed by atoms with Crippen LogP contribution in [0.25, 0.3) is 0 Å². The molecule has 2 unspecified atom stereocenters. The zero-order chi connectivity index (χ0) is 12.1. The van der Waals surface area contributed by atoms with E-state index in [1.165, 1.54) is 0 Å². The first-order chi connectivity index (χ1) is 7.50. The predicted octanol–water partition coefficient (Wildman–Crippen LogP) is 1.46. The quantitative estimate of drug-likeness (QED) is 0.794. The molecule has 0 spiro atoms. The van der Waals surface area contributed by atoms with Gasteiger partial charge in [0.1, 0.15) is 11.9 Å². The Kier molecular flexibility index (Phi) is 4.31. The molecule has 88 valence electrons. The van der Waals surface area contributed by atoms with Crippen molar-refractivity contribution in [1.82, 2.24) is 0 Å². The summed E-state index contributed by atoms with van der Waals surface area (Å²) in [6.45, 7) is 3.37. The van der Waals surface area contributed by atoms with Crippen molar-refractivity contribution < 1.29 is 19.7 Å². The number of para-hydroxylation sites is 1. The van der Waals surface area contributed by atoms with Crippen LogP contribution >= 0.6 is 0 Å². The molecule has 4 heteroatoms. The molecule has 0 aromatic heterocycles. The summed E-state index contributed by atoms with van der Waals surface area (Å²) in [5.41, 5.74) is 0.613. The summed E-state index contributed by atoms with van der Waals surface area (Å²) in [4.78, 5) is 10.6. The second-order valence-corrected chi connectivity index (χ2v) is 3.74. The number of rotatable bonds is 5. The maximum atomic E-state index is 10.6. The predicted molar refractivity (Wildman–Crippen MR) is 59.6 cm³/mol. The first-order valence-corrected chi connectivity index (χ1v) is 5.15. The largest absolute Gasteiger partial charge is 0.488 e. The molecule has 1 rings (SSSR count). The van der Waals surface area contributed by atoms with Gasteiger partial charge in [-0.1, -0.05) is 18.2 Å².